The fourth-order valence-corrected chi connectivity index (χ4v) is 3.83. The standard InChI is InChI=1S/C14H23N3O2S/c1-12-3-2-10-17(11-12)20(18,19)16-9-8-13-4-6-14(15)7-5-13/h4-7,12,16H,2-3,8-11,15H2,1H3. The predicted molar refractivity (Wildman–Crippen MR) is 81.5 cm³/mol. The summed E-state index contributed by atoms with van der Waals surface area (Å²) in [5.41, 5.74) is 7.41. The molecule has 0 aromatic heterocycles. The van der Waals surface area contributed by atoms with Gasteiger partial charge in [-0.05, 0) is 42.9 Å². The molecule has 5 nitrogen and oxygen atoms in total. The van der Waals surface area contributed by atoms with E-state index in [-0.39, 0.29) is 0 Å². The lowest BCUT2D eigenvalue weighted by Gasteiger charge is -2.29. The highest BCUT2D eigenvalue weighted by Gasteiger charge is 2.26. The molecule has 1 aromatic carbocycles. The van der Waals surface area contributed by atoms with Crippen LogP contribution in [0.25, 0.3) is 0 Å². The monoisotopic (exact) mass is 297 g/mol. The average Bonchev–Trinajstić information content (AvgIpc) is 2.41. The van der Waals surface area contributed by atoms with E-state index in [9.17, 15) is 8.42 Å². The number of hydrogen-bond acceptors (Lipinski definition) is 3. The van der Waals surface area contributed by atoms with Gasteiger partial charge in [0.05, 0.1) is 0 Å². The molecule has 6 heteroatoms. The number of nitrogens with zero attached hydrogens (tertiary/aromatic N) is 1. The highest BCUT2D eigenvalue weighted by atomic mass is 32.2. The van der Waals surface area contributed by atoms with Crippen molar-refractivity contribution in [1.29, 1.82) is 0 Å². The predicted octanol–water partition coefficient (Wildman–Crippen LogP) is 1.38. The van der Waals surface area contributed by atoms with Crippen molar-refractivity contribution in [2.75, 3.05) is 25.4 Å². The molecule has 1 unspecified atom stereocenters. The van der Waals surface area contributed by atoms with E-state index in [1.54, 1.807) is 4.31 Å². The summed E-state index contributed by atoms with van der Waals surface area (Å²) in [7, 11) is -3.34. The van der Waals surface area contributed by atoms with Gasteiger partial charge in [0.25, 0.3) is 10.2 Å². The maximum Gasteiger partial charge on any atom is 0.279 e. The number of hydrogen-bond donors (Lipinski definition) is 2. The van der Waals surface area contributed by atoms with Crippen LogP contribution in [0.5, 0.6) is 0 Å². The molecule has 0 amide bonds. The van der Waals surface area contributed by atoms with Crippen LogP contribution in [0.2, 0.25) is 0 Å². The lowest BCUT2D eigenvalue weighted by atomic mass is 10.0. The van der Waals surface area contributed by atoms with Crippen LogP contribution >= 0.6 is 0 Å². The smallest absolute Gasteiger partial charge is 0.279 e. The zero-order valence-corrected chi connectivity index (χ0v) is 12.7. The summed E-state index contributed by atoms with van der Waals surface area (Å²) in [6.07, 6.45) is 2.72. The first-order valence-corrected chi connectivity index (χ1v) is 8.50. The first kappa shape index (κ1) is 15.3. The minimum Gasteiger partial charge on any atom is -0.399 e. The number of anilines is 1. The molecule has 0 saturated carbocycles. The molecule has 1 aliphatic heterocycles. The Kier molecular flexibility index (Phi) is 5.01. The second-order valence-electron chi connectivity index (χ2n) is 5.50. The lowest BCUT2D eigenvalue weighted by Crippen LogP contribution is -2.46. The molecule has 1 aliphatic rings. The van der Waals surface area contributed by atoms with Crippen LogP contribution < -0.4 is 10.5 Å². The van der Waals surface area contributed by atoms with Gasteiger partial charge in [-0.2, -0.15) is 12.7 Å². The fourth-order valence-electron chi connectivity index (χ4n) is 2.46. The molecule has 3 N–H and O–H groups in total. The van der Waals surface area contributed by atoms with Gasteiger partial charge in [0.2, 0.25) is 0 Å². The third-order valence-corrected chi connectivity index (χ3v) is 5.22. The topological polar surface area (TPSA) is 75.4 Å². The van der Waals surface area contributed by atoms with Gasteiger partial charge < -0.3 is 5.73 Å². The molecule has 1 saturated heterocycles. The minimum atomic E-state index is -3.34. The molecule has 0 aliphatic carbocycles. The van der Waals surface area contributed by atoms with Gasteiger partial charge in [-0.15, -0.1) is 0 Å². The maximum atomic E-state index is 12.2. The summed E-state index contributed by atoms with van der Waals surface area (Å²) in [6, 6.07) is 7.51. The van der Waals surface area contributed by atoms with E-state index in [1.807, 2.05) is 24.3 Å². The molecule has 2 rings (SSSR count). The number of piperidine rings is 1. The van der Waals surface area contributed by atoms with Crippen molar-refractivity contribution in [3.63, 3.8) is 0 Å². The van der Waals surface area contributed by atoms with Crippen molar-refractivity contribution in [3.8, 4) is 0 Å². The molecule has 1 fully saturated rings. The fraction of sp³-hybridized carbons (Fsp3) is 0.571. The van der Waals surface area contributed by atoms with Crippen molar-refractivity contribution < 1.29 is 8.42 Å². The molecular formula is C14H23N3O2S. The van der Waals surface area contributed by atoms with E-state index in [2.05, 4.69) is 11.6 Å². The summed E-state index contributed by atoms with van der Waals surface area (Å²) < 4.78 is 28.6. The average molecular weight is 297 g/mol. The largest absolute Gasteiger partial charge is 0.399 e. The van der Waals surface area contributed by atoms with Gasteiger partial charge in [0.15, 0.2) is 0 Å². The van der Waals surface area contributed by atoms with Gasteiger partial charge in [-0.1, -0.05) is 19.1 Å². The molecule has 1 atom stereocenters. The molecule has 1 heterocycles. The van der Waals surface area contributed by atoms with Crippen LogP contribution in [0.3, 0.4) is 0 Å². The second-order valence-corrected chi connectivity index (χ2v) is 7.25. The Bertz CT molecular complexity index is 528. The van der Waals surface area contributed by atoms with Crippen LogP contribution in [0, 0.1) is 5.92 Å². The quantitative estimate of drug-likeness (QED) is 0.806. The Morgan fingerprint density at radius 2 is 2.05 bits per heavy atom. The summed E-state index contributed by atoms with van der Waals surface area (Å²) in [5.74, 6) is 0.442. The Morgan fingerprint density at radius 1 is 1.35 bits per heavy atom. The van der Waals surface area contributed by atoms with Crippen LogP contribution in [-0.2, 0) is 16.6 Å². The molecule has 0 spiro atoms. The van der Waals surface area contributed by atoms with Crippen molar-refractivity contribution in [1.82, 2.24) is 9.03 Å². The third kappa shape index (κ3) is 4.19. The molecule has 1 aromatic rings. The Labute approximate surface area is 121 Å². The molecule has 0 radical (unpaired) electrons. The van der Waals surface area contributed by atoms with Crippen molar-refractivity contribution in [2.45, 2.75) is 26.2 Å². The van der Waals surface area contributed by atoms with Gasteiger partial charge in [0.1, 0.15) is 0 Å². The molecule has 0 bridgehead atoms. The van der Waals surface area contributed by atoms with E-state index in [0.717, 1.165) is 24.1 Å². The summed E-state index contributed by atoms with van der Waals surface area (Å²) in [5, 5.41) is 0. The summed E-state index contributed by atoms with van der Waals surface area (Å²) in [6.45, 7) is 3.76. The number of nitrogen functional groups attached to an aromatic ring is 1. The molecule has 20 heavy (non-hydrogen) atoms. The SMILES string of the molecule is CC1CCCN(S(=O)(=O)NCCc2ccc(N)cc2)C1. The van der Waals surface area contributed by atoms with Gasteiger partial charge >= 0.3 is 0 Å². The Balaban J connectivity index is 1.84. The maximum absolute atomic E-state index is 12.2. The van der Waals surface area contributed by atoms with Gasteiger partial charge in [-0.25, -0.2) is 4.72 Å². The van der Waals surface area contributed by atoms with E-state index >= 15 is 0 Å². The van der Waals surface area contributed by atoms with Crippen LogP contribution in [0.1, 0.15) is 25.3 Å². The normalized spacial score (nSPS) is 20.9. The van der Waals surface area contributed by atoms with E-state index in [4.69, 9.17) is 5.73 Å². The summed E-state index contributed by atoms with van der Waals surface area (Å²) in [4.78, 5) is 0. The van der Waals surface area contributed by atoms with E-state index in [1.165, 1.54) is 0 Å². The van der Waals surface area contributed by atoms with Gasteiger partial charge in [-0.3, -0.25) is 0 Å². The Hall–Kier alpha value is -1.11. The second kappa shape index (κ2) is 6.56. The van der Waals surface area contributed by atoms with Crippen LogP contribution in [-0.4, -0.2) is 32.4 Å². The zero-order chi connectivity index (χ0) is 14.6. The molecular weight excluding hydrogens is 274 g/mol. The van der Waals surface area contributed by atoms with E-state index in [0.29, 0.717) is 32.0 Å². The number of nitrogens with two attached hydrogens (primary N) is 1. The van der Waals surface area contributed by atoms with Crippen LogP contribution in [0.4, 0.5) is 5.69 Å². The van der Waals surface area contributed by atoms with Crippen molar-refractivity contribution in [2.24, 2.45) is 5.92 Å². The zero-order valence-electron chi connectivity index (χ0n) is 11.9. The first-order valence-electron chi connectivity index (χ1n) is 7.06. The van der Waals surface area contributed by atoms with Crippen LogP contribution in [0.15, 0.2) is 24.3 Å². The van der Waals surface area contributed by atoms with E-state index < -0.39 is 10.2 Å². The van der Waals surface area contributed by atoms with Crippen molar-refractivity contribution in [3.05, 3.63) is 29.8 Å². The van der Waals surface area contributed by atoms with Crippen molar-refractivity contribution >= 4 is 15.9 Å². The summed E-state index contributed by atoms with van der Waals surface area (Å²) >= 11 is 0. The third-order valence-electron chi connectivity index (χ3n) is 3.64. The highest BCUT2D eigenvalue weighted by Crippen LogP contribution is 2.17. The number of nitrogens with one attached hydrogen (secondary N) is 1. The lowest BCUT2D eigenvalue weighted by molar-refractivity contribution is 0.278. The van der Waals surface area contributed by atoms with Gasteiger partial charge in [0, 0.05) is 25.3 Å². The minimum absolute atomic E-state index is 0.414. The molecule has 112 valence electrons. The number of benzene rings is 1. The first-order chi connectivity index (χ1) is 9.47. The Morgan fingerprint density at radius 3 is 2.70 bits per heavy atom. The highest BCUT2D eigenvalue weighted by molar-refractivity contribution is 7.87. The number of rotatable bonds is 5.